The van der Waals surface area contributed by atoms with Crippen molar-refractivity contribution in [2.45, 2.75) is 34.1 Å². The van der Waals surface area contributed by atoms with Crippen molar-refractivity contribution >= 4 is 0 Å². The predicted octanol–water partition coefficient (Wildman–Crippen LogP) is 3.22. The van der Waals surface area contributed by atoms with Crippen LogP contribution in [0.5, 0.6) is 0 Å². The molecule has 0 amide bonds. The zero-order chi connectivity index (χ0) is 9.35. The Bertz CT molecular complexity index is 191. The van der Waals surface area contributed by atoms with E-state index in [-0.39, 0.29) is 0 Å². The minimum atomic E-state index is 0.448. The molecule has 1 heteroatoms. The lowest BCUT2D eigenvalue weighted by Gasteiger charge is -2.24. The Kier molecular flexibility index (Phi) is 2.50. The highest BCUT2D eigenvalue weighted by Crippen LogP contribution is 2.48. The maximum atomic E-state index is 5.08. The third kappa shape index (κ3) is 1.50. The summed E-state index contributed by atoms with van der Waals surface area (Å²) in [6.07, 6.45) is 3.11. The normalized spacial score (nSPS) is 37.2. The van der Waals surface area contributed by atoms with Gasteiger partial charge >= 0.3 is 0 Å². The molecule has 0 saturated heterocycles. The summed E-state index contributed by atoms with van der Waals surface area (Å²) in [7, 11) is 1.73. The quantitative estimate of drug-likeness (QED) is 0.546. The van der Waals surface area contributed by atoms with Crippen molar-refractivity contribution in [2.75, 3.05) is 7.11 Å². The average Bonchev–Trinajstić information content (AvgIpc) is 2.16. The van der Waals surface area contributed by atoms with Gasteiger partial charge in [0.15, 0.2) is 0 Å². The molecule has 1 rings (SSSR count). The van der Waals surface area contributed by atoms with Crippen molar-refractivity contribution < 1.29 is 4.74 Å². The first kappa shape index (κ1) is 9.63. The van der Waals surface area contributed by atoms with Crippen LogP contribution in [-0.2, 0) is 4.74 Å². The van der Waals surface area contributed by atoms with E-state index in [0.717, 1.165) is 5.92 Å². The van der Waals surface area contributed by atoms with Gasteiger partial charge in [0.25, 0.3) is 0 Å². The van der Waals surface area contributed by atoms with Gasteiger partial charge in [0, 0.05) is 0 Å². The van der Waals surface area contributed by atoms with E-state index in [2.05, 4.69) is 27.7 Å². The summed E-state index contributed by atoms with van der Waals surface area (Å²) in [5.74, 6) is 1.44. The van der Waals surface area contributed by atoms with Crippen molar-refractivity contribution in [1.29, 1.82) is 0 Å². The summed E-state index contributed by atoms with van der Waals surface area (Å²) in [5, 5.41) is 0. The fourth-order valence-corrected chi connectivity index (χ4v) is 2.15. The van der Waals surface area contributed by atoms with E-state index in [1.165, 1.54) is 12.0 Å². The monoisotopic (exact) mass is 168 g/mol. The fraction of sp³-hybridized carbons (Fsp3) is 0.818. The van der Waals surface area contributed by atoms with Crippen molar-refractivity contribution in [3.8, 4) is 0 Å². The number of rotatable bonds is 1. The molecular formula is C11H20O. The van der Waals surface area contributed by atoms with Crippen molar-refractivity contribution in [1.82, 2.24) is 0 Å². The van der Waals surface area contributed by atoms with Crippen molar-refractivity contribution in [2.24, 2.45) is 17.3 Å². The molecule has 1 saturated carbocycles. The maximum absolute atomic E-state index is 5.08. The van der Waals surface area contributed by atoms with Gasteiger partial charge in [0.1, 0.15) is 0 Å². The Hall–Kier alpha value is -0.460. The maximum Gasteiger partial charge on any atom is 0.0819 e. The zero-order valence-electron chi connectivity index (χ0n) is 8.85. The molecule has 0 aromatic heterocycles. The van der Waals surface area contributed by atoms with Crippen LogP contribution in [0.1, 0.15) is 34.1 Å². The minimum Gasteiger partial charge on any atom is -0.504 e. The second-order valence-electron chi connectivity index (χ2n) is 4.67. The van der Waals surface area contributed by atoms with Crippen molar-refractivity contribution in [3.63, 3.8) is 0 Å². The van der Waals surface area contributed by atoms with Crippen LogP contribution in [0.2, 0.25) is 0 Å². The van der Waals surface area contributed by atoms with Gasteiger partial charge < -0.3 is 4.74 Å². The molecule has 1 aliphatic rings. The Labute approximate surface area is 75.8 Å². The molecule has 1 aliphatic carbocycles. The Morgan fingerprint density at radius 3 is 2.33 bits per heavy atom. The summed E-state index contributed by atoms with van der Waals surface area (Å²) in [4.78, 5) is 0. The van der Waals surface area contributed by atoms with Crippen LogP contribution in [-0.4, -0.2) is 7.11 Å². The number of methoxy groups -OCH3 is 1. The van der Waals surface area contributed by atoms with Gasteiger partial charge in [-0.25, -0.2) is 0 Å². The molecule has 0 heterocycles. The predicted molar refractivity (Wildman–Crippen MR) is 51.8 cm³/mol. The fourth-order valence-electron chi connectivity index (χ4n) is 2.15. The van der Waals surface area contributed by atoms with Crippen LogP contribution in [0.25, 0.3) is 0 Å². The van der Waals surface area contributed by atoms with Crippen LogP contribution in [0.3, 0.4) is 0 Å². The van der Waals surface area contributed by atoms with E-state index in [1.807, 2.05) is 6.26 Å². The van der Waals surface area contributed by atoms with Gasteiger partial charge in [0.2, 0.25) is 0 Å². The van der Waals surface area contributed by atoms with Crippen molar-refractivity contribution in [3.05, 3.63) is 11.8 Å². The average molecular weight is 168 g/mol. The summed E-state index contributed by atoms with van der Waals surface area (Å²) in [5.41, 5.74) is 1.92. The molecule has 0 spiro atoms. The molecule has 2 atom stereocenters. The minimum absolute atomic E-state index is 0.448. The first-order valence-electron chi connectivity index (χ1n) is 4.71. The number of hydrogen-bond donors (Lipinski definition) is 0. The smallest absolute Gasteiger partial charge is 0.0819 e. The molecule has 1 fully saturated rings. The standard InChI is InChI=1S/C11H20O/c1-8-9(2)11(3,4)6-10(8)7-12-5/h7-9H,6H2,1-5H3/t8-,9-/m0/s1. The first-order chi connectivity index (χ1) is 5.49. The Morgan fingerprint density at radius 1 is 1.42 bits per heavy atom. The van der Waals surface area contributed by atoms with Gasteiger partial charge in [-0.05, 0) is 29.2 Å². The number of allylic oxidation sites excluding steroid dienone is 1. The molecule has 0 N–H and O–H groups in total. The summed E-state index contributed by atoms with van der Waals surface area (Å²) >= 11 is 0. The van der Waals surface area contributed by atoms with Crippen LogP contribution in [0.15, 0.2) is 11.8 Å². The molecule has 0 unspecified atom stereocenters. The third-order valence-corrected chi connectivity index (χ3v) is 3.50. The van der Waals surface area contributed by atoms with Crippen LogP contribution in [0.4, 0.5) is 0 Å². The zero-order valence-corrected chi connectivity index (χ0v) is 8.85. The first-order valence-corrected chi connectivity index (χ1v) is 4.71. The molecule has 1 nitrogen and oxygen atoms in total. The van der Waals surface area contributed by atoms with E-state index < -0.39 is 0 Å². The molecular weight excluding hydrogens is 148 g/mol. The highest BCUT2D eigenvalue weighted by molar-refractivity contribution is 5.15. The molecule has 0 radical (unpaired) electrons. The molecule has 0 aliphatic heterocycles. The van der Waals surface area contributed by atoms with Crippen LogP contribution < -0.4 is 0 Å². The Balaban J connectivity index is 2.81. The van der Waals surface area contributed by atoms with Crippen LogP contribution in [0, 0.1) is 17.3 Å². The molecule has 0 bridgehead atoms. The molecule has 12 heavy (non-hydrogen) atoms. The lowest BCUT2D eigenvalue weighted by Crippen LogP contribution is -2.17. The SMILES string of the molecule is COC=C1CC(C)(C)[C@@H](C)[C@@H]1C. The largest absolute Gasteiger partial charge is 0.504 e. The van der Waals surface area contributed by atoms with Gasteiger partial charge in [-0.3, -0.25) is 0 Å². The van der Waals surface area contributed by atoms with Gasteiger partial charge in [0.05, 0.1) is 13.4 Å². The summed E-state index contributed by atoms with van der Waals surface area (Å²) < 4.78 is 5.08. The van der Waals surface area contributed by atoms with Gasteiger partial charge in [-0.1, -0.05) is 27.7 Å². The topological polar surface area (TPSA) is 9.23 Å². The van der Waals surface area contributed by atoms with Crippen LogP contribution >= 0.6 is 0 Å². The van der Waals surface area contributed by atoms with Gasteiger partial charge in [-0.15, -0.1) is 0 Å². The molecule has 0 aromatic carbocycles. The van der Waals surface area contributed by atoms with E-state index in [4.69, 9.17) is 4.74 Å². The van der Waals surface area contributed by atoms with E-state index in [1.54, 1.807) is 7.11 Å². The number of hydrogen-bond acceptors (Lipinski definition) is 1. The Morgan fingerprint density at radius 2 is 2.00 bits per heavy atom. The van der Waals surface area contributed by atoms with Gasteiger partial charge in [-0.2, -0.15) is 0 Å². The second-order valence-corrected chi connectivity index (χ2v) is 4.67. The van der Waals surface area contributed by atoms with E-state index in [9.17, 15) is 0 Å². The number of ether oxygens (including phenoxy) is 1. The highest BCUT2D eigenvalue weighted by Gasteiger charge is 2.39. The van der Waals surface area contributed by atoms with E-state index >= 15 is 0 Å². The summed E-state index contributed by atoms with van der Waals surface area (Å²) in [6, 6.07) is 0. The highest BCUT2D eigenvalue weighted by atomic mass is 16.5. The lowest BCUT2D eigenvalue weighted by molar-refractivity contribution is 0.248. The second kappa shape index (κ2) is 3.12. The molecule has 70 valence electrons. The van der Waals surface area contributed by atoms with E-state index in [0.29, 0.717) is 11.3 Å². The lowest BCUT2D eigenvalue weighted by atomic mass is 9.81. The molecule has 0 aromatic rings. The summed E-state index contributed by atoms with van der Waals surface area (Å²) in [6.45, 7) is 9.31. The third-order valence-electron chi connectivity index (χ3n) is 3.50.